The number of carbonyl (C=O) groups excluding carboxylic acids is 2. The first kappa shape index (κ1) is 15.3. The second kappa shape index (κ2) is 5.89. The maximum Gasteiger partial charge on any atom is 0.287 e. The van der Waals surface area contributed by atoms with Gasteiger partial charge in [0.15, 0.2) is 11.5 Å². The molecule has 116 valence electrons. The zero-order valence-corrected chi connectivity index (χ0v) is 13.1. The molecule has 5 heteroatoms. The molecule has 1 atom stereocenters. The van der Waals surface area contributed by atoms with E-state index in [0.29, 0.717) is 10.6 Å². The zero-order chi connectivity index (χ0) is 16.6. The first-order valence-electron chi connectivity index (χ1n) is 7.08. The predicted octanol–water partition coefficient (Wildman–Crippen LogP) is 3.51. The molecule has 1 aliphatic heterocycles. The van der Waals surface area contributed by atoms with Gasteiger partial charge >= 0.3 is 0 Å². The van der Waals surface area contributed by atoms with Gasteiger partial charge in [0.2, 0.25) is 0 Å². The average Bonchev–Trinajstić information content (AvgIpc) is 2.83. The molecule has 0 spiro atoms. The van der Waals surface area contributed by atoms with E-state index in [0.717, 1.165) is 11.1 Å². The molecule has 1 amide bonds. The number of aliphatic hydroxyl groups excluding tert-OH is 1. The van der Waals surface area contributed by atoms with Crippen molar-refractivity contribution in [2.75, 3.05) is 0 Å². The van der Waals surface area contributed by atoms with Crippen molar-refractivity contribution in [1.82, 2.24) is 5.32 Å². The summed E-state index contributed by atoms with van der Waals surface area (Å²) in [6, 6.07) is 13.1. The fourth-order valence-corrected chi connectivity index (χ4v) is 2.75. The molecule has 1 heterocycles. The lowest BCUT2D eigenvalue weighted by molar-refractivity contribution is -0.119. The maximum atomic E-state index is 12.7. The van der Waals surface area contributed by atoms with Crippen molar-refractivity contribution in [3.8, 4) is 0 Å². The lowest BCUT2D eigenvalue weighted by Crippen LogP contribution is -2.23. The molecule has 3 rings (SSSR count). The van der Waals surface area contributed by atoms with Crippen LogP contribution in [-0.2, 0) is 4.79 Å². The van der Waals surface area contributed by atoms with Crippen LogP contribution in [0.3, 0.4) is 0 Å². The molecule has 0 radical (unpaired) electrons. The number of hydrogen-bond donors (Lipinski definition) is 2. The molecule has 0 bridgehead atoms. The van der Waals surface area contributed by atoms with E-state index < -0.39 is 23.5 Å². The van der Waals surface area contributed by atoms with Gasteiger partial charge in [0.25, 0.3) is 5.91 Å². The highest BCUT2D eigenvalue weighted by Gasteiger charge is 2.37. The lowest BCUT2D eigenvalue weighted by Gasteiger charge is -2.15. The number of halogens is 1. The van der Waals surface area contributed by atoms with Crippen molar-refractivity contribution in [3.05, 3.63) is 81.6 Å². The third-order valence-electron chi connectivity index (χ3n) is 3.76. The summed E-state index contributed by atoms with van der Waals surface area (Å²) in [7, 11) is 0. The Bertz CT molecular complexity index is 824. The Morgan fingerprint density at radius 3 is 2.52 bits per heavy atom. The summed E-state index contributed by atoms with van der Waals surface area (Å²) in [4.78, 5) is 24.6. The normalized spacial score (nSPS) is 17.3. The molecule has 1 aliphatic rings. The molecule has 4 nitrogen and oxygen atoms in total. The van der Waals surface area contributed by atoms with Gasteiger partial charge in [-0.25, -0.2) is 0 Å². The molecule has 0 aromatic heterocycles. The van der Waals surface area contributed by atoms with Gasteiger partial charge in [0, 0.05) is 10.6 Å². The Morgan fingerprint density at radius 2 is 1.87 bits per heavy atom. The molecule has 23 heavy (non-hydrogen) atoms. The van der Waals surface area contributed by atoms with Crippen molar-refractivity contribution in [2.45, 2.75) is 13.0 Å². The SMILES string of the molecule is Cc1cccc(C2NC(=O)C(O)=C2C(=O)c2ccc(Cl)cc2)c1. The minimum Gasteiger partial charge on any atom is -0.503 e. The maximum absolute atomic E-state index is 12.7. The van der Waals surface area contributed by atoms with Crippen LogP contribution in [-0.4, -0.2) is 16.8 Å². The van der Waals surface area contributed by atoms with Crippen molar-refractivity contribution in [3.63, 3.8) is 0 Å². The van der Waals surface area contributed by atoms with Gasteiger partial charge in [-0.15, -0.1) is 0 Å². The van der Waals surface area contributed by atoms with Crippen LogP contribution >= 0.6 is 11.6 Å². The summed E-state index contributed by atoms with van der Waals surface area (Å²) in [5, 5.41) is 13.2. The van der Waals surface area contributed by atoms with Gasteiger partial charge in [0.1, 0.15) is 0 Å². The number of amides is 1. The number of rotatable bonds is 3. The molecule has 0 aliphatic carbocycles. The number of nitrogens with one attached hydrogen (secondary N) is 1. The van der Waals surface area contributed by atoms with Crippen molar-refractivity contribution < 1.29 is 14.7 Å². The third-order valence-corrected chi connectivity index (χ3v) is 4.01. The molecule has 2 aromatic rings. The third kappa shape index (κ3) is 2.85. The van der Waals surface area contributed by atoms with Gasteiger partial charge in [-0.05, 0) is 36.8 Å². The van der Waals surface area contributed by atoms with E-state index in [4.69, 9.17) is 11.6 Å². The van der Waals surface area contributed by atoms with E-state index in [1.165, 1.54) is 0 Å². The van der Waals surface area contributed by atoms with Crippen molar-refractivity contribution in [1.29, 1.82) is 0 Å². The van der Waals surface area contributed by atoms with E-state index in [1.807, 2.05) is 31.2 Å². The highest BCUT2D eigenvalue weighted by Crippen LogP contribution is 2.32. The summed E-state index contributed by atoms with van der Waals surface area (Å²) < 4.78 is 0. The fraction of sp³-hybridized carbons (Fsp3) is 0.111. The topological polar surface area (TPSA) is 66.4 Å². The van der Waals surface area contributed by atoms with Gasteiger partial charge in [-0.3, -0.25) is 9.59 Å². The summed E-state index contributed by atoms with van der Waals surface area (Å²) in [5.41, 5.74) is 2.18. The Hall–Kier alpha value is -2.59. The minimum absolute atomic E-state index is 0.0583. The van der Waals surface area contributed by atoms with Crippen LogP contribution in [0.4, 0.5) is 0 Å². The molecule has 0 fully saturated rings. The second-order valence-electron chi connectivity index (χ2n) is 5.42. The van der Waals surface area contributed by atoms with E-state index in [2.05, 4.69) is 5.32 Å². The van der Waals surface area contributed by atoms with Gasteiger partial charge < -0.3 is 10.4 Å². The van der Waals surface area contributed by atoms with Crippen LogP contribution in [0.2, 0.25) is 5.02 Å². The molecule has 0 saturated carbocycles. The van der Waals surface area contributed by atoms with Crippen LogP contribution in [0.15, 0.2) is 59.9 Å². The molecule has 1 unspecified atom stereocenters. The van der Waals surface area contributed by atoms with Crippen molar-refractivity contribution >= 4 is 23.3 Å². The van der Waals surface area contributed by atoms with Crippen LogP contribution in [0.25, 0.3) is 0 Å². The van der Waals surface area contributed by atoms with Crippen LogP contribution in [0, 0.1) is 6.92 Å². The zero-order valence-electron chi connectivity index (χ0n) is 12.3. The number of aryl methyl sites for hydroxylation is 1. The Labute approximate surface area is 138 Å². The standard InChI is InChI=1S/C18H14ClNO3/c1-10-3-2-4-12(9-10)15-14(17(22)18(23)20-15)16(21)11-5-7-13(19)8-6-11/h2-9,15,22H,1H3,(H,20,23). The van der Waals surface area contributed by atoms with E-state index in [9.17, 15) is 14.7 Å². The first-order chi connectivity index (χ1) is 11.0. The summed E-state index contributed by atoms with van der Waals surface area (Å²) in [5.74, 6) is -1.57. The second-order valence-corrected chi connectivity index (χ2v) is 5.86. The summed E-state index contributed by atoms with van der Waals surface area (Å²) in [6.45, 7) is 1.92. The molecule has 2 aromatic carbocycles. The molecular formula is C18H14ClNO3. The van der Waals surface area contributed by atoms with Crippen LogP contribution < -0.4 is 5.32 Å². The predicted molar refractivity (Wildman–Crippen MR) is 87.5 cm³/mol. The quantitative estimate of drug-likeness (QED) is 0.848. The Balaban J connectivity index is 2.04. The van der Waals surface area contributed by atoms with Gasteiger partial charge in [-0.1, -0.05) is 41.4 Å². The van der Waals surface area contributed by atoms with Gasteiger partial charge in [0.05, 0.1) is 11.6 Å². The number of carbonyl (C=O) groups is 2. The van der Waals surface area contributed by atoms with E-state index in [1.54, 1.807) is 24.3 Å². The first-order valence-corrected chi connectivity index (χ1v) is 7.46. The number of Topliss-reactive ketones (excluding diaryl/α,β-unsaturated/α-hetero) is 1. The van der Waals surface area contributed by atoms with Crippen molar-refractivity contribution in [2.24, 2.45) is 0 Å². The number of ketones is 1. The molecule has 2 N–H and O–H groups in total. The molecule has 0 saturated heterocycles. The summed E-state index contributed by atoms with van der Waals surface area (Å²) in [6.07, 6.45) is 0. The van der Waals surface area contributed by atoms with Crippen LogP contribution in [0.1, 0.15) is 27.5 Å². The number of aliphatic hydroxyl groups is 1. The van der Waals surface area contributed by atoms with Gasteiger partial charge in [-0.2, -0.15) is 0 Å². The largest absolute Gasteiger partial charge is 0.503 e. The van der Waals surface area contributed by atoms with E-state index in [-0.39, 0.29) is 5.57 Å². The highest BCUT2D eigenvalue weighted by atomic mass is 35.5. The average molecular weight is 328 g/mol. The summed E-state index contributed by atoms with van der Waals surface area (Å²) >= 11 is 5.83. The molecular weight excluding hydrogens is 314 g/mol. The Morgan fingerprint density at radius 1 is 1.17 bits per heavy atom. The number of benzene rings is 2. The number of hydrogen-bond acceptors (Lipinski definition) is 3. The monoisotopic (exact) mass is 327 g/mol. The fourth-order valence-electron chi connectivity index (χ4n) is 2.63. The Kier molecular flexibility index (Phi) is 3.92. The smallest absolute Gasteiger partial charge is 0.287 e. The minimum atomic E-state index is -0.662. The van der Waals surface area contributed by atoms with E-state index >= 15 is 0 Å². The van der Waals surface area contributed by atoms with Crippen LogP contribution in [0.5, 0.6) is 0 Å². The lowest BCUT2D eigenvalue weighted by atomic mass is 9.93. The highest BCUT2D eigenvalue weighted by molar-refractivity contribution is 6.30.